The van der Waals surface area contributed by atoms with E-state index in [9.17, 15) is 8.78 Å². The van der Waals surface area contributed by atoms with Crippen molar-refractivity contribution in [2.24, 2.45) is 0 Å². The van der Waals surface area contributed by atoms with Gasteiger partial charge in [-0.2, -0.15) is 0 Å². The van der Waals surface area contributed by atoms with Gasteiger partial charge in [0.1, 0.15) is 11.5 Å². The lowest BCUT2D eigenvalue weighted by Crippen LogP contribution is -2.51. The normalized spacial score (nSPS) is 12.5. The molecule has 0 unspecified atom stereocenters. The largest absolute Gasteiger partial charge is 0.358 e. The van der Waals surface area contributed by atoms with E-state index in [-0.39, 0.29) is 0 Å². The Kier molecular flexibility index (Phi) is 5.61. The van der Waals surface area contributed by atoms with Crippen LogP contribution >= 0.6 is 0 Å². The fourth-order valence-corrected chi connectivity index (χ4v) is 11.5. The summed E-state index contributed by atoms with van der Waals surface area (Å²) < 4.78 is 29.2. The number of rotatable bonds is 6. The molecule has 3 rings (SSSR count). The van der Waals surface area contributed by atoms with Gasteiger partial charge in [0, 0.05) is 17.1 Å². The van der Waals surface area contributed by atoms with Gasteiger partial charge in [-0.3, -0.25) is 0 Å². The molecule has 3 aromatic rings. The Morgan fingerprint density at radius 2 is 1.50 bits per heavy atom. The fourth-order valence-electron chi connectivity index (χ4n) is 4.95. The lowest BCUT2D eigenvalue weighted by atomic mass is 10.3. The quantitative estimate of drug-likeness (QED) is 0.447. The molecule has 0 aliphatic heterocycles. The van der Waals surface area contributed by atoms with Crippen molar-refractivity contribution < 1.29 is 8.78 Å². The van der Waals surface area contributed by atoms with Crippen molar-refractivity contribution in [3.05, 3.63) is 54.2 Å². The van der Waals surface area contributed by atoms with E-state index < -0.39 is 19.9 Å². The Labute approximate surface area is 166 Å². The summed E-state index contributed by atoms with van der Waals surface area (Å²) in [6.45, 7) is 13.9. The molecule has 2 heterocycles. The van der Waals surface area contributed by atoms with Crippen molar-refractivity contribution in [3.63, 3.8) is 0 Å². The van der Waals surface area contributed by atoms with Gasteiger partial charge in [0.2, 0.25) is 0 Å². The summed E-state index contributed by atoms with van der Waals surface area (Å²) in [5.41, 5.74) is 3.08. The van der Waals surface area contributed by atoms with Crippen LogP contribution in [0, 0.1) is 11.6 Å². The van der Waals surface area contributed by atoms with Gasteiger partial charge in [-0.25, -0.2) is 13.8 Å². The number of hydrogen-bond donors (Lipinski definition) is 1. The Hall–Kier alpha value is -2.21. The second-order valence-electron chi connectivity index (χ2n) is 8.40. The number of nitrogens with one attached hydrogen (secondary N) is 1. The second kappa shape index (κ2) is 7.66. The number of nitrogens with zero attached hydrogens (tertiary/aromatic N) is 2. The minimum absolute atomic E-state index is 0.476. The number of halogens is 2. The zero-order valence-corrected chi connectivity index (χ0v) is 18.4. The highest BCUT2D eigenvalue weighted by molar-refractivity contribution is 6.82. The standard InChI is InChI=1S/C22H29F2N3Si/c1-14(2)28(15(3)4,16(5)6)27-12-11-17-7-10-21(26-22(17)27)25-18-8-9-19(23)20(24)13-18/h7-16H,1-6H3,(H,25,26). The number of aromatic nitrogens is 2. The zero-order chi connectivity index (χ0) is 20.6. The lowest BCUT2D eigenvalue weighted by molar-refractivity contribution is 0.509. The molecular weight excluding hydrogens is 372 g/mol. The van der Waals surface area contributed by atoms with Crippen LogP contribution in [0.4, 0.5) is 20.3 Å². The molecule has 0 amide bonds. The fraction of sp³-hybridized carbons (Fsp3) is 0.409. The first-order chi connectivity index (χ1) is 13.2. The highest BCUT2D eigenvalue weighted by atomic mass is 28.3. The van der Waals surface area contributed by atoms with Crippen LogP contribution in [0.15, 0.2) is 42.6 Å². The Morgan fingerprint density at radius 1 is 0.857 bits per heavy atom. The Bertz CT molecular complexity index is 957. The first kappa shape index (κ1) is 20.5. The van der Waals surface area contributed by atoms with Gasteiger partial charge in [0.05, 0.1) is 0 Å². The topological polar surface area (TPSA) is 29.9 Å². The summed E-state index contributed by atoms with van der Waals surface area (Å²) in [5.74, 6) is -1.11. The minimum Gasteiger partial charge on any atom is -0.358 e. The van der Waals surface area contributed by atoms with Gasteiger partial charge in [-0.05, 0) is 53.2 Å². The molecular formula is C22H29F2N3Si. The van der Waals surface area contributed by atoms with Crippen LogP contribution in [0.3, 0.4) is 0 Å². The predicted octanol–water partition coefficient (Wildman–Crippen LogP) is 7.08. The summed E-state index contributed by atoms with van der Waals surface area (Å²) in [5, 5.41) is 4.20. The van der Waals surface area contributed by atoms with E-state index in [0.717, 1.165) is 23.2 Å². The van der Waals surface area contributed by atoms with E-state index in [0.29, 0.717) is 28.1 Å². The maximum atomic E-state index is 13.5. The van der Waals surface area contributed by atoms with Gasteiger partial charge in [0.25, 0.3) is 0 Å². The molecule has 0 spiro atoms. The number of benzene rings is 1. The van der Waals surface area contributed by atoms with E-state index in [4.69, 9.17) is 4.98 Å². The second-order valence-corrected chi connectivity index (χ2v) is 14.1. The van der Waals surface area contributed by atoms with Crippen molar-refractivity contribution in [3.8, 4) is 0 Å². The number of anilines is 2. The molecule has 0 aliphatic carbocycles. The van der Waals surface area contributed by atoms with Crippen molar-refractivity contribution in [1.29, 1.82) is 0 Å². The summed E-state index contributed by atoms with van der Waals surface area (Å²) in [7, 11) is -1.93. The molecule has 0 bridgehead atoms. The first-order valence-corrected chi connectivity index (χ1v) is 12.1. The number of fused-ring (bicyclic) bond motifs is 1. The zero-order valence-electron chi connectivity index (χ0n) is 17.4. The summed E-state index contributed by atoms with van der Waals surface area (Å²) in [6.07, 6.45) is 2.19. The third-order valence-corrected chi connectivity index (χ3v) is 12.7. The van der Waals surface area contributed by atoms with Crippen molar-refractivity contribution in [2.75, 3.05) is 5.32 Å². The SMILES string of the molecule is CC(C)[Si](C(C)C)(C(C)C)n1ccc2ccc(Nc3ccc(F)c(F)c3)nc21. The van der Waals surface area contributed by atoms with E-state index in [1.807, 2.05) is 12.1 Å². The van der Waals surface area contributed by atoms with E-state index in [2.05, 4.69) is 63.4 Å². The predicted molar refractivity (Wildman–Crippen MR) is 116 cm³/mol. The highest BCUT2D eigenvalue weighted by Gasteiger charge is 2.45. The first-order valence-electron chi connectivity index (χ1n) is 9.88. The molecule has 3 nitrogen and oxygen atoms in total. The van der Waals surface area contributed by atoms with Gasteiger partial charge in [-0.15, -0.1) is 0 Å². The monoisotopic (exact) mass is 401 g/mol. The molecule has 28 heavy (non-hydrogen) atoms. The molecule has 6 heteroatoms. The van der Waals surface area contributed by atoms with Crippen molar-refractivity contribution in [1.82, 2.24) is 9.22 Å². The maximum absolute atomic E-state index is 13.5. The van der Waals surface area contributed by atoms with Crippen LogP contribution < -0.4 is 5.32 Å². The third kappa shape index (κ3) is 3.34. The van der Waals surface area contributed by atoms with Crippen LogP contribution in [0.2, 0.25) is 16.6 Å². The molecule has 1 aromatic carbocycles. The lowest BCUT2D eigenvalue weighted by Gasteiger charge is -2.44. The molecule has 0 atom stereocenters. The van der Waals surface area contributed by atoms with Crippen LogP contribution in [0.25, 0.3) is 11.0 Å². The summed E-state index contributed by atoms with van der Waals surface area (Å²) in [4.78, 5) is 4.87. The number of hydrogen-bond acceptors (Lipinski definition) is 2. The van der Waals surface area contributed by atoms with E-state index in [1.165, 1.54) is 6.07 Å². The van der Waals surface area contributed by atoms with Crippen LogP contribution in [-0.4, -0.2) is 17.5 Å². The third-order valence-electron chi connectivity index (χ3n) is 5.92. The van der Waals surface area contributed by atoms with Crippen molar-refractivity contribution in [2.45, 2.75) is 58.2 Å². The van der Waals surface area contributed by atoms with Crippen LogP contribution in [0.1, 0.15) is 41.5 Å². The van der Waals surface area contributed by atoms with Crippen LogP contribution in [-0.2, 0) is 0 Å². The van der Waals surface area contributed by atoms with Crippen LogP contribution in [0.5, 0.6) is 0 Å². The van der Waals surface area contributed by atoms with E-state index in [1.54, 1.807) is 0 Å². The van der Waals surface area contributed by atoms with Gasteiger partial charge in [-0.1, -0.05) is 41.5 Å². The smallest absolute Gasteiger partial charge is 0.171 e. The van der Waals surface area contributed by atoms with Gasteiger partial charge >= 0.3 is 0 Å². The van der Waals surface area contributed by atoms with Gasteiger partial charge < -0.3 is 9.55 Å². The molecule has 0 saturated carbocycles. The minimum atomic E-state index is -1.93. The molecule has 150 valence electrons. The summed E-state index contributed by atoms with van der Waals surface area (Å²) >= 11 is 0. The van der Waals surface area contributed by atoms with E-state index >= 15 is 0 Å². The molecule has 1 N–H and O–H groups in total. The molecule has 2 aromatic heterocycles. The Balaban J connectivity index is 2.10. The van der Waals surface area contributed by atoms with Gasteiger partial charge in [0.15, 0.2) is 19.9 Å². The average Bonchev–Trinajstić information content (AvgIpc) is 3.01. The molecule has 0 radical (unpaired) electrons. The molecule has 0 aliphatic rings. The molecule has 0 fully saturated rings. The summed E-state index contributed by atoms with van der Waals surface area (Å²) in [6, 6.07) is 9.80. The number of pyridine rings is 1. The molecule has 0 saturated heterocycles. The highest BCUT2D eigenvalue weighted by Crippen LogP contribution is 2.44. The average molecular weight is 402 g/mol. The maximum Gasteiger partial charge on any atom is 0.171 e. The van der Waals surface area contributed by atoms with Crippen molar-refractivity contribution >= 4 is 30.8 Å². The Morgan fingerprint density at radius 3 is 2.07 bits per heavy atom.